The summed E-state index contributed by atoms with van der Waals surface area (Å²) in [4.78, 5) is 18.6. The number of nitrogens with zero attached hydrogens (tertiary/aromatic N) is 1. The van der Waals surface area contributed by atoms with Gasteiger partial charge in [-0.1, -0.05) is 23.7 Å². The number of amides is 1. The van der Waals surface area contributed by atoms with Crippen LogP contribution in [0.4, 0.5) is 0 Å². The molecule has 2 aromatic heterocycles. The summed E-state index contributed by atoms with van der Waals surface area (Å²) in [6, 6.07) is 15.7. The zero-order chi connectivity index (χ0) is 16.9. The number of benzene rings is 1. The average molecular weight is 357 g/mol. The van der Waals surface area contributed by atoms with Gasteiger partial charge >= 0.3 is 0 Å². The molecule has 0 aliphatic heterocycles. The molecule has 0 aliphatic rings. The van der Waals surface area contributed by atoms with E-state index in [4.69, 9.17) is 11.6 Å². The predicted molar refractivity (Wildman–Crippen MR) is 98.7 cm³/mol. The summed E-state index contributed by atoms with van der Waals surface area (Å²) in [5.74, 6) is -0.104. The van der Waals surface area contributed by atoms with Crippen molar-refractivity contribution in [1.82, 2.24) is 10.3 Å². The highest BCUT2D eigenvalue weighted by atomic mass is 35.5. The minimum Gasteiger partial charge on any atom is -0.347 e. The van der Waals surface area contributed by atoms with Gasteiger partial charge in [0.2, 0.25) is 0 Å². The second-order valence-electron chi connectivity index (χ2n) is 5.55. The Hall–Kier alpha value is -2.17. The van der Waals surface area contributed by atoms with Gasteiger partial charge in [0, 0.05) is 33.1 Å². The zero-order valence-corrected chi connectivity index (χ0v) is 14.8. The van der Waals surface area contributed by atoms with E-state index in [1.807, 2.05) is 31.2 Å². The number of hydrogen-bond donors (Lipinski definition) is 1. The third-order valence-corrected chi connectivity index (χ3v) is 4.90. The lowest BCUT2D eigenvalue weighted by atomic mass is 10.1. The molecule has 0 unspecified atom stereocenters. The molecule has 0 bridgehead atoms. The van der Waals surface area contributed by atoms with Gasteiger partial charge in [-0.05, 0) is 48.9 Å². The minimum absolute atomic E-state index is 0.104. The van der Waals surface area contributed by atoms with Crippen molar-refractivity contribution < 1.29 is 4.79 Å². The van der Waals surface area contributed by atoms with Crippen molar-refractivity contribution in [2.45, 2.75) is 19.9 Å². The molecule has 0 aliphatic carbocycles. The Bertz CT molecular complexity index is 843. The van der Waals surface area contributed by atoms with Crippen LogP contribution in [0.3, 0.4) is 0 Å². The molecule has 0 fully saturated rings. The Morgan fingerprint density at radius 3 is 2.75 bits per heavy atom. The number of rotatable bonds is 5. The second kappa shape index (κ2) is 7.60. The Morgan fingerprint density at radius 1 is 1.17 bits per heavy atom. The molecule has 3 rings (SSSR count). The molecule has 2 heterocycles. The fourth-order valence-corrected chi connectivity index (χ4v) is 3.54. The SMILES string of the molecule is Cc1ccc(C(=O)NCc2ccc(Cc3cccc(Cl)c3)s2)cn1. The third kappa shape index (κ3) is 4.43. The maximum atomic E-state index is 12.1. The summed E-state index contributed by atoms with van der Waals surface area (Å²) in [7, 11) is 0. The first-order valence-corrected chi connectivity index (χ1v) is 8.82. The summed E-state index contributed by atoms with van der Waals surface area (Å²) in [5.41, 5.74) is 2.66. The Labute approximate surface area is 150 Å². The third-order valence-electron chi connectivity index (χ3n) is 3.58. The van der Waals surface area contributed by atoms with Crippen LogP contribution < -0.4 is 5.32 Å². The van der Waals surface area contributed by atoms with Crippen molar-refractivity contribution in [3.63, 3.8) is 0 Å². The Balaban J connectivity index is 1.58. The number of carbonyl (C=O) groups is 1. The highest BCUT2D eigenvalue weighted by Crippen LogP contribution is 2.21. The lowest BCUT2D eigenvalue weighted by Gasteiger charge is -2.03. The van der Waals surface area contributed by atoms with Gasteiger partial charge in [0.05, 0.1) is 12.1 Å². The van der Waals surface area contributed by atoms with Crippen LogP contribution in [0.5, 0.6) is 0 Å². The summed E-state index contributed by atoms with van der Waals surface area (Å²) in [6.07, 6.45) is 2.45. The topological polar surface area (TPSA) is 42.0 Å². The van der Waals surface area contributed by atoms with Gasteiger partial charge < -0.3 is 5.32 Å². The summed E-state index contributed by atoms with van der Waals surface area (Å²) in [6.45, 7) is 2.42. The van der Waals surface area contributed by atoms with E-state index in [0.29, 0.717) is 12.1 Å². The van der Waals surface area contributed by atoms with Crippen molar-refractivity contribution in [3.8, 4) is 0 Å². The maximum Gasteiger partial charge on any atom is 0.253 e. The van der Waals surface area contributed by atoms with E-state index in [-0.39, 0.29) is 5.91 Å². The fraction of sp³-hybridized carbons (Fsp3) is 0.158. The first-order valence-electron chi connectivity index (χ1n) is 7.63. The Kier molecular flexibility index (Phi) is 5.28. The molecule has 24 heavy (non-hydrogen) atoms. The van der Waals surface area contributed by atoms with Gasteiger partial charge in [-0.2, -0.15) is 0 Å². The number of aromatic nitrogens is 1. The van der Waals surface area contributed by atoms with Crippen molar-refractivity contribution in [1.29, 1.82) is 0 Å². The average Bonchev–Trinajstić information content (AvgIpc) is 3.01. The summed E-state index contributed by atoms with van der Waals surface area (Å²) >= 11 is 7.72. The number of carbonyl (C=O) groups excluding carboxylic acids is 1. The summed E-state index contributed by atoms with van der Waals surface area (Å²) < 4.78 is 0. The van der Waals surface area contributed by atoms with Crippen molar-refractivity contribution in [2.75, 3.05) is 0 Å². The molecule has 0 spiro atoms. The van der Waals surface area contributed by atoms with E-state index in [1.54, 1.807) is 23.6 Å². The molecule has 0 saturated heterocycles. The lowest BCUT2D eigenvalue weighted by molar-refractivity contribution is 0.0951. The molecule has 1 amide bonds. The molecule has 0 atom stereocenters. The maximum absolute atomic E-state index is 12.1. The molecular formula is C19H17ClN2OS. The second-order valence-corrected chi connectivity index (χ2v) is 7.23. The standard InChI is InChI=1S/C19H17ClN2OS/c1-13-5-6-15(11-21-13)19(23)22-12-18-8-7-17(24-18)10-14-3-2-4-16(20)9-14/h2-9,11H,10,12H2,1H3,(H,22,23). The van der Waals surface area contributed by atoms with Crippen molar-refractivity contribution >= 4 is 28.8 Å². The minimum atomic E-state index is -0.104. The number of halogens is 1. The summed E-state index contributed by atoms with van der Waals surface area (Å²) in [5, 5.41) is 3.68. The molecule has 1 N–H and O–H groups in total. The van der Waals surface area contributed by atoms with Crippen LogP contribution in [0.1, 0.15) is 31.4 Å². The van der Waals surface area contributed by atoms with E-state index >= 15 is 0 Å². The van der Waals surface area contributed by atoms with Gasteiger partial charge in [-0.25, -0.2) is 0 Å². The lowest BCUT2D eigenvalue weighted by Crippen LogP contribution is -2.22. The smallest absolute Gasteiger partial charge is 0.253 e. The highest BCUT2D eigenvalue weighted by molar-refractivity contribution is 7.12. The monoisotopic (exact) mass is 356 g/mol. The van der Waals surface area contributed by atoms with E-state index in [2.05, 4.69) is 28.5 Å². The number of thiophene rings is 1. The van der Waals surface area contributed by atoms with Crippen LogP contribution in [0.15, 0.2) is 54.7 Å². The van der Waals surface area contributed by atoms with Crippen molar-refractivity contribution in [3.05, 3.63) is 86.3 Å². The van der Waals surface area contributed by atoms with Crippen LogP contribution in [-0.4, -0.2) is 10.9 Å². The van der Waals surface area contributed by atoms with Gasteiger partial charge in [-0.15, -0.1) is 11.3 Å². The molecule has 3 aromatic rings. The molecule has 1 aromatic carbocycles. The van der Waals surface area contributed by atoms with E-state index < -0.39 is 0 Å². The van der Waals surface area contributed by atoms with E-state index in [9.17, 15) is 4.79 Å². The van der Waals surface area contributed by atoms with Crippen LogP contribution in [0.25, 0.3) is 0 Å². The highest BCUT2D eigenvalue weighted by Gasteiger charge is 2.07. The Morgan fingerprint density at radius 2 is 2.00 bits per heavy atom. The molecule has 122 valence electrons. The van der Waals surface area contributed by atoms with Crippen LogP contribution >= 0.6 is 22.9 Å². The largest absolute Gasteiger partial charge is 0.347 e. The molecular weight excluding hydrogens is 340 g/mol. The van der Waals surface area contributed by atoms with Gasteiger partial charge in [0.1, 0.15) is 0 Å². The predicted octanol–water partition coefficient (Wildman–Crippen LogP) is 4.63. The molecule has 0 saturated carbocycles. The fourth-order valence-electron chi connectivity index (χ4n) is 2.33. The number of aryl methyl sites for hydroxylation is 1. The van der Waals surface area contributed by atoms with Crippen molar-refractivity contribution in [2.24, 2.45) is 0 Å². The van der Waals surface area contributed by atoms with E-state index in [1.165, 1.54) is 10.4 Å². The molecule has 0 radical (unpaired) electrons. The quantitative estimate of drug-likeness (QED) is 0.724. The van der Waals surface area contributed by atoms with E-state index in [0.717, 1.165) is 22.0 Å². The van der Waals surface area contributed by atoms with Crippen LogP contribution in [-0.2, 0) is 13.0 Å². The molecule has 5 heteroatoms. The molecule has 3 nitrogen and oxygen atoms in total. The first-order chi connectivity index (χ1) is 11.6. The van der Waals surface area contributed by atoms with Gasteiger partial charge in [0.15, 0.2) is 0 Å². The van der Waals surface area contributed by atoms with Gasteiger partial charge in [0.25, 0.3) is 5.91 Å². The zero-order valence-electron chi connectivity index (χ0n) is 13.3. The van der Waals surface area contributed by atoms with Crippen LogP contribution in [0.2, 0.25) is 5.02 Å². The normalized spacial score (nSPS) is 10.6. The number of pyridine rings is 1. The number of hydrogen-bond acceptors (Lipinski definition) is 3. The number of nitrogens with one attached hydrogen (secondary N) is 1. The van der Waals surface area contributed by atoms with Crippen LogP contribution in [0, 0.1) is 6.92 Å². The first kappa shape index (κ1) is 16.7. The van der Waals surface area contributed by atoms with Gasteiger partial charge in [-0.3, -0.25) is 9.78 Å².